The first kappa shape index (κ1) is 11.2. The first-order chi connectivity index (χ1) is 8.75. The van der Waals surface area contributed by atoms with Gasteiger partial charge in [-0.2, -0.15) is 0 Å². The minimum atomic E-state index is -0.0549. The molecule has 88 valence electrons. The van der Waals surface area contributed by atoms with Crippen molar-refractivity contribution in [1.82, 2.24) is 0 Å². The van der Waals surface area contributed by atoms with E-state index in [0.717, 1.165) is 21.3 Å². The Labute approximate surface area is 113 Å². The lowest BCUT2D eigenvalue weighted by Crippen LogP contribution is -2.03. The molecule has 0 bridgehead atoms. The molecule has 0 saturated carbocycles. The maximum Gasteiger partial charge on any atom is 0.256 e. The number of hydrogen-bond acceptors (Lipinski definition) is 1. The fourth-order valence-corrected chi connectivity index (χ4v) is 2.64. The lowest BCUT2D eigenvalue weighted by atomic mass is 10.0. The largest absolute Gasteiger partial charge is 0.321 e. The Balaban J connectivity index is 2.15. The van der Waals surface area contributed by atoms with E-state index >= 15 is 0 Å². The zero-order valence-electron chi connectivity index (χ0n) is 9.48. The Hall–Kier alpha value is -1.87. The number of rotatable bonds is 1. The van der Waals surface area contributed by atoms with Gasteiger partial charge in [-0.25, -0.2) is 0 Å². The molecule has 2 aromatic rings. The molecule has 1 heterocycles. The van der Waals surface area contributed by atoms with E-state index in [1.807, 2.05) is 54.6 Å². The molecule has 1 aliphatic rings. The van der Waals surface area contributed by atoms with Crippen LogP contribution in [0.3, 0.4) is 0 Å². The lowest BCUT2D eigenvalue weighted by molar-refractivity contribution is -0.110. The van der Waals surface area contributed by atoms with Crippen molar-refractivity contribution in [3.63, 3.8) is 0 Å². The molecule has 0 atom stereocenters. The third kappa shape index (κ3) is 1.87. The minimum Gasteiger partial charge on any atom is -0.321 e. The maximum absolute atomic E-state index is 12.0. The van der Waals surface area contributed by atoms with Gasteiger partial charge in [0.1, 0.15) is 0 Å². The molecule has 0 saturated heterocycles. The van der Waals surface area contributed by atoms with Crippen LogP contribution in [-0.4, -0.2) is 5.91 Å². The summed E-state index contributed by atoms with van der Waals surface area (Å²) in [4.78, 5) is 12.0. The van der Waals surface area contributed by atoms with Crippen LogP contribution in [0.5, 0.6) is 0 Å². The van der Waals surface area contributed by atoms with E-state index in [-0.39, 0.29) is 5.91 Å². The highest BCUT2D eigenvalue weighted by molar-refractivity contribution is 9.10. The second-order valence-electron chi connectivity index (χ2n) is 4.09. The molecule has 1 amide bonds. The standard InChI is InChI=1S/C15H10BrNO/c16-12-7-4-8-13-14(12)11(15(18)17-13)9-10-5-2-1-3-6-10/h1-9H,(H,17,18)/b11-9-. The molecule has 1 N–H and O–H groups in total. The third-order valence-corrected chi connectivity index (χ3v) is 3.55. The van der Waals surface area contributed by atoms with Gasteiger partial charge in [-0.1, -0.05) is 52.3 Å². The summed E-state index contributed by atoms with van der Waals surface area (Å²) in [5.74, 6) is -0.0549. The summed E-state index contributed by atoms with van der Waals surface area (Å²) >= 11 is 3.50. The summed E-state index contributed by atoms with van der Waals surface area (Å²) in [6, 6.07) is 15.6. The second-order valence-corrected chi connectivity index (χ2v) is 4.94. The Morgan fingerprint density at radius 2 is 1.78 bits per heavy atom. The smallest absolute Gasteiger partial charge is 0.256 e. The van der Waals surface area contributed by atoms with Crippen molar-refractivity contribution in [1.29, 1.82) is 0 Å². The van der Waals surface area contributed by atoms with Gasteiger partial charge in [0.05, 0.1) is 11.3 Å². The van der Waals surface area contributed by atoms with Gasteiger partial charge >= 0.3 is 0 Å². The molecular weight excluding hydrogens is 290 g/mol. The number of benzene rings is 2. The predicted octanol–water partition coefficient (Wildman–Crippen LogP) is 3.94. The topological polar surface area (TPSA) is 29.1 Å². The molecule has 0 spiro atoms. The Kier molecular flexibility index (Phi) is 2.76. The zero-order valence-corrected chi connectivity index (χ0v) is 11.1. The van der Waals surface area contributed by atoms with Gasteiger partial charge in [0.15, 0.2) is 0 Å². The summed E-state index contributed by atoms with van der Waals surface area (Å²) in [7, 11) is 0. The number of anilines is 1. The van der Waals surface area contributed by atoms with Gasteiger partial charge in [0.25, 0.3) is 5.91 Å². The lowest BCUT2D eigenvalue weighted by Gasteiger charge is -2.01. The van der Waals surface area contributed by atoms with Crippen LogP contribution >= 0.6 is 15.9 Å². The third-order valence-electron chi connectivity index (χ3n) is 2.89. The maximum atomic E-state index is 12.0. The molecular formula is C15H10BrNO. The molecule has 1 aliphatic heterocycles. The zero-order chi connectivity index (χ0) is 12.5. The summed E-state index contributed by atoms with van der Waals surface area (Å²) in [6.45, 7) is 0. The summed E-state index contributed by atoms with van der Waals surface area (Å²) < 4.78 is 0.931. The van der Waals surface area contributed by atoms with Gasteiger partial charge < -0.3 is 5.32 Å². The van der Waals surface area contributed by atoms with Gasteiger partial charge in [-0.3, -0.25) is 4.79 Å². The molecule has 0 unspecified atom stereocenters. The van der Waals surface area contributed by atoms with E-state index < -0.39 is 0 Å². The molecule has 0 aromatic heterocycles. The van der Waals surface area contributed by atoms with Crippen molar-refractivity contribution in [2.45, 2.75) is 0 Å². The summed E-state index contributed by atoms with van der Waals surface area (Å²) in [5.41, 5.74) is 3.51. The van der Waals surface area contributed by atoms with Gasteiger partial charge in [-0.05, 0) is 23.8 Å². The van der Waals surface area contributed by atoms with Crippen molar-refractivity contribution in [3.05, 3.63) is 64.1 Å². The van der Waals surface area contributed by atoms with Crippen LogP contribution < -0.4 is 5.32 Å². The van der Waals surface area contributed by atoms with E-state index in [0.29, 0.717) is 5.57 Å². The number of carbonyl (C=O) groups is 1. The van der Waals surface area contributed by atoms with Crippen LogP contribution in [0.25, 0.3) is 11.6 Å². The number of hydrogen-bond donors (Lipinski definition) is 1. The van der Waals surface area contributed by atoms with Crippen LogP contribution in [-0.2, 0) is 4.79 Å². The second kappa shape index (κ2) is 4.42. The molecule has 2 nitrogen and oxygen atoms in total. The van der Waals surface area contributed by atoms with E-state index in [4.69, 9.17) is 0 Å². The molecule has 18 heavy (non-hydrogen) atoms. The van der Waals surface area contributed by atoms with Crippen molar-refractivity contribution >= 4 is 39.2 Å². The van der Waals surface area contributed by atoms with Crippen LogP contribution in [0.15, 0.2) is 53.0 Å². The average Bonchev–Trinajstić information content (AvgIpc) is 2.69. The van der Waals surface area contributed by atoms with E-state index in [1.54, 1.807) is 0 Å². The molecule has 0 fully saturated rings. The Morgan fingerprint density at radius 3 is 2.56 bits per heavy atom. The van der Waals surface area contributed by atoms with E-state index in [2.05, 4.69) is 21.2 Å². The first-order valence-electron chi connectivity index (χ1n) is 5.63. The van der Waals surface area contributed by atoms with Crippen LogP contribution in [0.4, 0.5) is 5.69 Å². The monoisotopic (exact) mass is 299 g/mol. The normalized spacial score (nSPS) is 15.6. The fourth-order valence-electron chi connectivity index (χ4n) is 2.06. The molecule has 2 aromatic carbocycles. The Bertz CT molecular complexity index is 647. The highest BCUT2D eigenvalue weighted by Crippen LogP contribution is 2.38. The summed E-state index contributed by atoms with van der Waals surface area (Å²) in [6.07, 6.45) is 1.91. The highest BCUT2D eigenvalue weighted by atomic mass is 79.9. The van der Waals surface area contributed by atoms with Crippen molar-refractivity contribution < 1.29 is 4.79 Å². The predicted molar refractivity (Wildman–Crippen MR) is 77.1 cm³/mol. The van der Waals surface area contributed by atoms with E-state index in [1.165, 1.54) is 0 Å². The summed E-state index contributed by atoms with van der Waals surface area (Å²) in [5, 5.41) is 2.87. The molecule has 0 radical (unpaired) electrons. The SMILES string of the molecule is O=C1Nc2cccc(Br)c2/C1=C/c1ccccc1. The number of nitrogens with one attached hydrogen (secondary N) is 1. The Morgan fingerprint density at radius 1 is 1.00 bits per heavy atom. The molecule has 3 heteroatoms. The van der Waals surface area contributed by atoms with Crippen LogP contribution in [0.2, 0.25) is 0 Å². The van der Waals surface area contributed by atoms with E-state index in [9.17, 15) is 4.79 Å². The number of carbonyl (C=O) groups excluding carboxylic acids is 1. The molecule has 0 aliphatic carbocycles. The van der Waals surface area contributed by atoms with Crippen LogP contribution in [0.1, 0.15) is 11.1 Å². The van der Waals surface area contributed by atoms with Gasteiger partial charge in [0.2, 0.25) is 0 Å². The first-order valence-corrected chi connectivity index (χ1v) is 6.42. The number of amides is 1. The average molecular weight is 300 g/mol. The highest BCUT2D eigenvalue weighted by Gasteiger charge is 2.25. The van der Waals surface area contributed by atoms with Gasteiger partial charge in [0, 0.05) is 10.0 Å². The van der Waals surface area contributed by atoms with Crippen LogP contribution in [0, 0.1) is 0 Å². The number of halogens is 1. The molecule has 3 rings (SSSR count). The van der Waals surface area contributed by atoms with Gasteiger partial charge in [-0.15, -0.1) is 0 Å². The fraction of sp³-hybridized carbons (Fsp3) is 0. The quantitative estimate of drug-likeness (QED) is 0.794. The van der Waals surface area contributed by atoms with Crippen molar-refractivity contribution in [3.8, 4) is 0 Å². The van der Waals surface area contributed by atoms with Crippen molar-refractivity contribution in [2.24, 2.45) is 0 Å². The van der Waals surface area contributed by atoms with Crippen molar-refractivity contribution in [2.75, 3.05) is 5.32 Å². The number of fused-ring (bicyclic) bond motifs is 1. The minimum absolute atomic E-state index is 0.0549.